The topological polar surface area (TPSA) is 85.8 Å². The van der Waals surface area contributed by atoms with Crippen LogP contribution in [0.4, 0.5) is 14.5 Å². The highest BCUT2D eigenvalue weighted by molar-refractivity contribution is 8.00. The van der Waals surface area contributed by atoms with Crippen molar-refractivity contribution in [2.75, 3.05) is 16.9 Å². The van der Waals surface area contributed by atoms with Crippen molar-refractivity contribution in [2.24, 2.45) is 0 Å². The molecule has 0 aliphatic heterocycles. The molecular formula is C12H13F2N5OS2. The van der Waals surface area contributed by atoms with Crippen LogP contribution in [0.2, 0.25) is 0 Å². The van der Waals surface area contributed by atoms with E-state index >= 15 is 0 Å². The van der Waals surface area contributed by atoms with E-state index in [4.69, 9.17) is 5.84 Å². The molecule has 0 aliphatic rings. The van der Waals surface area contributed by atoms with Gasteiger partial charge in [-0.15, -0.1) is 10.2 Å². The Morgan fingerprint density at radius 3 is 2.59 bits per heavy atom. The summed E-state index contributed by atoms with van der Waals surface area (Å²) in [5, 5.41) is 10.7. The first-order valence-electron chi connectivity index (χ1n) is 6.10. The zero-order chi connectivity index (χ0) is 16.1. The molecule has 6 nitrogen and oxygen atoms in total. The summed E-state index contributed by atoms with van der Waals surface area (Å²) < 4.78 is 25.7. The van der Waals surface area contributed by atoms with Crippen molar-refractivity contribution in [3.8, 4) is 0 Å². The maximum absolute atomic E-state index is 12.2. The quantitative estimate of drug-likeness (QED) is 0.617. The number of halogens is 2. The third kappa shape index (κ3) is 4.60. The second kappa shape index (κ2) is 7.45. The maximum atomic E-state index is 12.2. The van der Waals surface area contributed by atoms with Gasteiger partial charge in [-0.05, 0) is 31.2 Å². The zero-order valence-corrected chi connectivity index (χ0v) is 13.1. The van der Waals surface area contributed by atoms with Crippen LogP contribution in [0, 0.1) is 6.92 Å². The molecule has 10 heteroatoms. The Kier molecular flexibility index (Phi) is 5.61. The van der Waals surface area contributed by atoms with Gasteiger partial charge in [0.2, 0.25) is 11.1 Å². The number of rotatable bonds is 6. The standard InChI is InChI=1S/C12H13F2N5OS2/c1-7-17-18-12(19(7)15)21-6-10(20)16-8-2-4-9(5-3-8)22-11(13)14/h2-5,11H,6,15H2,1H3,(H,16,20). The van der Waals surface area contributed by atoms with E-state index < -0.39 is 5.76 Å². The number of thioether (sulfide) groups is 2. The third-order valence-corrected chi connectivity index (χ3v) is 4.20. The number of benzene rings is 1. The number of aryl methyl sites for hydroxylation is 1. The number of nitrogens with one attached hydrogen (secondary N) is 1. The molecule has 1 aromatic carbocycles. The first-order chi connectivity index (χ1) is 10.5. The molecule has 0 aliphatic carbocycles. The maximum Gasteiger partial charge on any atom is 0.288 e. The normalized spacial score (nSPS) is 10.9. The van der Waals surface area contributed by atoms with Crippen LogP contribution in [0.15, 0.2) is 34.3 Å². The van der Waals surface area contributed by atoms with Crippen molar-refractivity contribution in [2.45, 2.75) is 22.7 Å². The molecule has 0 fully saturated rings. The highest BCUT2D eigenvalue weighted by atomic mass is 32.2. The van der Waals surface area contributed by atoms with Crippen molar-refractivity contribution in [1.82, 2.24) is 14.9 Å². The van der Waals surface area contributed by atoms with E-state index in [-0.39, 0.29) is 11.7 Å². The van der Waals surface area contributed by atoms with Crippen molar-refractivity contribution < 1.29 is 13.6 Å². The Morgan fingerprint density at radius 2 is 2.05 bits per heavy atom. The monoisotopic (exact) mass is 345 g/mol. The lowest BCUT2D eigenvalue weighted by Gasteiger charge is -2.06. The number of amides is 1. The van der Waals surface area contributed by atoms with Crippen LogP contribution >= 0.6 is 23.5 Å². The Balaban J connectivity index is 1.85. The zero-order valence-electron chi connectivity index (χ0n) is 11.5. The fourth-order valence-corrected chi connectivity index (χ4v) is 2.70. The van der Waals surface area contributed by atoms with Crippen LogP contribution in [-0.2, 0) is 4.79 Å². The Bertz CT molecular complexity index is 647. The van der Waals surface area contributed by atoms with Crippen LogP contribution < -0.4 is 11.2 Å². The summed E-state index contributed by atoms with van der Waals surface area (Å²) in [6.07, 6.45) is 0. The van der Waals surface area contributed by atoms with Gasteiger partial charge in [0.05, 0.1) is 5.75 Å². The highest BCUT2D eigenvalue weighted by Gasteiger charge is 2.10. The Hall–Kier alpha value is -1.81. The number of nitrogens with two attached hydrogens (primary N) is 1. The number of anilines is 1. The molecule has 1 heterocycles. The average molecular weight is 345 g/mol. The second-order valence-corrected chi connectivity index (χ2v) is 6.15. The first-order valence-corrected chi connectivity index (χ1v) is 7.97. The van der Waals surface area contributed by atoms with Crippen molar-refractivity contribution in [3.05, 3.63) is 30.1 Å². The molecular weight excluding hydrogens is 332 g/mol. The van der Waals surface area contributed by atoms with Gasteiger partial charge in [0.1, 0.15) is 5.82 Å². The summed E-state index contributed by atoms with van der Waals surface area (Å²) in [6, 6.07) is 6.20. The van der Waals surface area contributed by atoms with Gasteiger partial charge in [-0.3, -0.25) is 4.79 Å². The van der Waals surface area contributed by atoms with Crippen molar-refractivity contribution >= 4 is 35.1 Å². The Labute approximate surface area is 133 Å². The molecule has 2 aromatic rings. The average Bonchev–Trinajstić information content (AvgIpc) is 2.78. The fourth-order valence-electron chi connectivity index (χ4n) is 1.50. The van der Waals surface area contributed by atoms with Crippen molar-refractivity contribution in [3.63, 3.8) is 0 Å². The molecule has 1 aromatic heterocycles. The van der Waals surface area contributed by atoms with Crippen LogP contribution in [0.25, 0.3) is 0 Å². The van der Waals surface area contributed by atoms with E-state index in [9.17, 15) is 13.6 Å². The summed E-state index contributed by atoms with van der Waals surface area (Å²) in [5.41, 5.74) is 0.537. The van der Waals surface area contributed by atoms with Gasteiger partial charge in [0.15, 0.2) is 0 Å². The van der Waals surface area contributed by atoms with Crippen LogP contribution in [0.5, 0.6) is 0 Å². The number of aromatic nitrogens is 3. The van der Waals surface area contributed by atoms with Gasteiger partial charge in [-0.1, -0.05) is 23.5 Å². The molecule has 22 heavy (non-hydrogen) atoms. The minimum absolute atomic E-state index is 0.114. The largest absolute Gasteiger partial charge is 0.336 e. The van der Waals surface area contributed by atoms with Gasteiger partial charge in [0, 0.05) is 10.6 Å². The highest BCUT2D eigenvalue weighted by Crippen LogP contribution is 2.26. The molecule has 1 amide bonds. The predicted octanol–water partition coefficient (Wildman–Crippen LogP) is 2.35. The number of carbonyl (C=O) groups excluding carboxylic acids is 1. The fraction of sp³-hybridized carbons (Fsp3) is 0.250. The molecule has 0 unspecified atom stereocenters. The minimum atomic E-state index is -2.46. The molecule has 118 valence electrons. The summed E-state index contributed by atoms with van der Waals surface area (Å²) in [6.45, 7) is 1.70. The SMILES string of the molecule is Cc1nnc(SCC(=O)Nc2ccc(SC(F)F)cc2)n1N. The van der Waals surface area contributed by atoms with Gasteiger partial charge >= 0.3 is 0 Å². The lowest BCUT2D eigenvalue weighted by atomic mass is 10.3. The first kappa shape index (κ1) is 16.6. The summed E-state index contributed by atoms with van der Waals surface area (Å²) in [4.78, 5) is 12.3. The Morgan fingerprint density at radius 1 is 1.36 bits per heavy atom. The lowest BCUT2D eigenvalue weighted by Crippen LogP contribution is -2.16. The molecule has 0 radical (unpaired) electrons. The molecule has 0 bridgehead atoms. The molecule has 0 spiro atoms. The minimum Gasteiger partial charge on any atom is -0.336 e. The van der Waals surface area contributed by atoms with Crippen LogP contribution in [0.3, 0.4) is 0 Å². The molecule has 0 saturated carbocycles. The van der Waals surface area contributed by atoms with Gasteiger partial charge in [-0.2, -0.15) is 8.78 Å². The van der Waals surface area contributed by atoms with Gasteiger partial charge in [-0.25, -0.2) is 4.68 Å². The lowest BCUT2D eigenvalue weighted by molar-refractivity contribution is -0.113. The number of nitrogens with zero attached hydrogens (tertiary/aromatic N) is 3. The molecule has 3 N–H and O–H groups in total. The van der Waals surface area contributed by atoms with Crippen LogP contribution in [0.1, 0.15) is 5.82 Å². The molecule has 2 rings (SSSR count). The smallest absolute Gasteiger partial charge is 0.288 e. The summed E-state index contributed by atoms with van der Waals surface area (Å²) in [7, 11) is 0. The number of carbonyl (C=O) groups is 1. The third-order valence-electron chi connectivity index (χ3n) is 2.53. The number of alkyl halides is 2. The van der Waals surface area contributed by atoms with Gasteiger partial charge in [0.25, 0.3) is 5.76 Å². The van der Waals surface area contributed by atoms with E-state index in [0.29, 0.717) is 33.3 Å². The predicted molar refractivity (Wildman–Crippen MR) is 82.6 cm³/mol. The van der Waals surface area contributed by atoms with Crippen LogP contribution in [-0.4, -0.2) is 32.3 Å². The second-order valence-electron chi connectivity index (χ2n) is 4.14. The van der Waals surface area contributed by atoms with E-state index in [2.05, 4.69) is 15.5 Å². The van der Waals surface area contributed by atoms with E-state index in [1.54, 1.807) is 19.1 Å². The van der Waals surface area contributed by atoms with Crippen molar-refractivity contribution in [1.29, 1.82) is 0 Å². The number of nitrogen functional groups attached to an aromatic ring is 1. The molecule has 0 atom stereocenters. The summed E-state index contributed by atoms with van der Waals surface area (Å²) >= 11 is 1.61. The number of hydrogen-bond acceptors (Lipinski definition) is 6. The van der Waals surface area contributed by atoms with E-state index in [1.807, 2.05) is 0 Å². The van der Waals surface area contributed by atoms with E-state index in [0.717, 1.165) is 11.8 Å². The molecule has 0 saturated heterocycles. The van der Waals surface area contributed by atoms with E-state index in [1.165, 1.54) is 16.8 Å². The summed E-state index contributed by atoms with van der Waals surface area (Å²) in [5.74, 6) is 3.62. The number of hydrogen-bond donors (Lipinski definition) is 2. The van der Waals surface area contributed by atoms with Gasteiger partial charge < -0.3 is 11.2 Å².